The molecule has 3 heteroatoms. The fourth-order valence-electron chi connectivity index (χ4n) is 1.76. The van der Waals surface area contributed by atoms with E-state index in [-0.39, 0.29) is 0 Å². The van der Waals surface area contributed by atoms with Crippen molar-refractivity contribution in [3.05, 3.63) is 29.8 Å². The van der Waals surface area contributed by atoms with Crippen molar-refractivity contribution in [3.63, 3.8) is 0 Å². The summed E-state index contributed by atoms with van der Waals surface area (Å²) in [6, 6.07) is 8.66. The third-order valence-electron chi connectivity index (χ3n) is 3.23. The maximum Gasteiger partial charge on any atom is 0.119 e. The van der Waals surface area contributed by atoms with E-state index in [0.717, 1.165) is 12.2 Å². The predicted octanol–water partition coefficient (Wildman–Crippen LogP) is 2.13. The van der Waals surface area contributed by atoms with Gasteiger partial charge in [0.15, 0.2) is 0 Å². The van der Waals surface area contributed by atoms with Crippen LogP contribution in [0.3, 0.4) is 0 Å². The SMILES string of the molecule is CCc1ccc(OCC(C)(O)CNC2CC2)cc1. The topological polar surface area (TPSA) is 41.5 Å². The Labute approximate surface area is 109 Å². The molecule has 0 bridgehead atoms. The van der Waals surface area contributed by atoms with E-state index in [1.54, 1.807) is 0 Å². The average molecular weight is 249 g/mol. The Morgan fingerprint density at radius 3 is 2.56 bits per heavy atom. The van der Waals surface area contributed by atoms with E-state index in [4.69, 9.17) is 4.74 Å². The zero-order chi connectivity index (χ0) is 13.0. The van der Waals surface area contributed by atoms with Crippen LogP contribution in [0.1, 0.15) is 32.3 Å². The Morgan fingerprint density at radius 2 is 2.00 bits per heavy atom. The molecule has 0 saturated heterocycles. The molecule has 1 aromatic rings. The minimum atomic E-state index is -0.813. The van der Waals surface area contributed by atoms with E-state index < -0.39 is 5.60 Å². The number of aliphatic hydroxyl groups is 1. The molecule has 2 N–H and O–H groups in total. The van der Waals surface area contributed by atoms with Gasteiger partial charge in [-0.25, -0.2) is 0 Å². The summed E-state index contributed by atoms with van der Waals surface area (Å²) in [6.45, 7) is 4.84. The monoisotopic (exact) mass is 249 g/mol. The molecule has 3 nitrogen and oxygen atoms in total. The van der Waals surface area contributed by atoms with Gasteiger partial charge in [-0.2, -0.15) is 0 Å². The third-order valence-corrected chi connectivity index (χ3v) is 3.23. The van der Waals surface area contributed by atoms with Crippen molar-refractivity contribution >= 4 is 0 Å². The van der Waals surface area contributed by atoms with Gasteiger partial charge in [-0.1, -0.05) is 19.1 Å². The fraction of sp³-hybridized carbons (Fsp3) is 0.600. The normalized spacial score (nSPS) is 18.4. The molecule has 18 heavy (non-hydrogen) atoms. The van der Waals surface area contributed by atoms with E-state index in [2.05, 4.69) is 24.4 Å². The maximum atomic E-state index is 10.2. The second-order valence-corrected chi connectivity index (χ2v) is 5.44. The first kappa shape index (κ1) is 13.4. The van der Waals surface area contributed by atoms with Gasteiger partial charge >= 0.3 is 0 Å². The number of hydrogen-bond acceptors (Lipinski definition) is 3. The van der Waals surface area contributed by atoms with Crippen molar-refractivity contribution in [3.8, 4) is 5.75 Å². The summed E-state index contributed by atoms with van der Waals surface area (Å²) in [7, 11) is 0. The highest BCUT2D eigenvalue weighted by Crippen LogP contribution is 2.20. The molecule has 0 spiro atoms. The van der Waals surface area contributed by atoms with Crippen molar-refractivity contribution in [2.75, 3.05) is 13.2 Å². The highest BCUT2D eigenvalue weighted by Gasteiger charge is 2.27. The minimum Gasteiger partial charge on any atom is -0.491 e. The second kappa shape index (κ2) is 5.72. The van der Waals surface area contributed by atoms with E-state index in [9.17, 15) is 5.11 Å². The van der Waals surface area contributed by atoms with E-state index >= 15 is 0 Å². The Morgan fingerprint density at radius 1 is 1.33 bits per heavy atom. The molecular formula is C15H23NO2. The number of aryl methyl sites for hydroxylation is 1. The van der Waals surface area contributed by atoms with Gasteiger partial charge in [-0.3, -0.25) is 0 Å². The summed E-state index contributed by atoms with van der Waals surface area (Å²) < 4.78 is 5.63. The Bertz CT molecular complexity index is 369. The van der Waals surface area contributed by atoms with E-state index in [1.807, 2.05) is 19.1 Å². The average Bonchev–Trinajstić information content (AvgIpc) is 3.19. The number of benzene rings is 1. The molecule has 1 atom stereocenters. The van der Waals surface area contributed by atoms with Crippen LogP contribution in [0.2, 0.25) is 0 Å². The van der Waals surface area contributed by atoms with E-state index in [1.165, 1.54) is 18.4 Å². The van der Waals surface area contributed by atoms with Crippen LogP contribution in [0.15, 0.2) is 24.3 Å². The first-order valence-electron chi connectivity index (χ1n) is 6.76. The lowest BCUT2D eigenvalue weighted by Gasteiger charge is -2.24. The summed E-state index contributed by atoms with van der Waals surface area (Å²) in [5, 5.41) is 13.5. The Hall–Kier alpha value is -1.06. The van der Waals surface area contributed by atoms with Crippen LogP contribution in [-0.2, 0) is 6.42 Å². The number of hydrogen-bond donors (Lipinski definition) is 2. The highest BCUT2D eigenvalue weighted by atomic mass is 16.5. The van der Waals surface area contributed by atoms with Crippen molar-refractivity contribution in [2.45, 2.75) is 44.8 Å². The van der Waals surface area contributed by atoms with Gasteiger partial charge in [0.25, 0.3) is 0 Å². The summed E-state index contributed by atoms with van der Waals surface area (Å²) in [5.74, 6) is 0.818. The summed E-state index contributed by atoms with van der Waals surface area (Å²) >= 11 is 0. The van der Waals surface area contributed by atoms with Crippen molar-refractivity contribution in [1.29, 1.82) is 0 Å². The molecule has 0 amide bonds. The van der Waals surface area contributed by atoms with Gasteiger partial charge in [-0.05, 0) is 43.9 Å². The number of rotatable bonds is 7. The van der Waals surface area contributed by atoms with Gasteiger partial charge in [0.2, 0.25) is 0 Å². The quantitative estimate of drug-likeness (QED) is 0.778. The van der Waals surface area contributed by atoms with Crippen LogP contribution >= 0.6 is 0 Å². The van der Waals surface area contributed by atoms with Crippen molar-refractivity contribution in [2.24, 2.45) is 0 Å². The lowest BCUT2D eigenvalue weighted by Crippen LogP contribution is -2.43. The molecular weight excluding hydrogens is 226 g/mol. The molecule has 2 rings (SSSR count). The molecule has 0 heterocycles. The Balaban J connectivity index is 1.77. The summed E-state index contributed by atoms with van der Waals surface area (Å²) in [6.07, 6.45) is 3.49. The molecule has 1 fully saturated rings. The standard InChI is InChI=1S/C15H23NO2/c1-3-12-4-8-14(9-5-12)18-11-15(2,17)10-16-13-6-7-13/h4-5,8-9,13,16-17H,3,6-7,10-11H2,1-2H3. The summed E-state index contributed by atoms with van der Waals surface area (Å²) in [5.41, 5.74) is 0.482. The molecule has 0 radical (unpaired) electrons. The van der Waals surface area contributed by atoms with Crippen LogP contribution < -0.4 is 10.1 Å². The van der Waals surface area contributed by atoms with Crippen LogP contribution in [0.4, 0.5) is 0 Å². The maximum absolute atomic E-state index is 10.2. The largest absolute Gasteiger partial charge is 0.491 e. The number of nitrogens with one attached hydrogen (secondary N) is 1. The lowest BCUT2D eigenvalue weighted by atomic mass is 10.1. The molecule has 1 aliphatic carbocycles. The lowest BCUT2D eigenvalue weighted by molar-refractivity contribution is 0.0120. The number of ether oxygens (including phenoxy) is 1. The molecule has 0 aromatic heterocycles. The van der Waals surface area contributed by atoms with Crippen LogP contribution in [0, 0.1) is 0 Å². The molecule has 1 unspecified atom stereocenters. The van der Waals surface area contributed by atoms with Crippen LogP contribution in [0.25, 0.3) is 0 Å². The van der Waals surface area contributed by atoms with Crippen molar-refractivity contribution < 1.29 is 9.84 Å². The van der Waals surface area contributed by atoms with Gasteiger partial charge in [-0.15, -0.1) is 0 Å². The highest BCUT2D eigenvalue weighted by molar-refractivity contribution is 5.27. The first-order chi connectivity index (χ1) is 8.59. The Kier molecular flexibility index (Phi) is 4.25. The second-order valence-electron chi connectivity index (χ2n) is 5.44. The van der Waals surface area contributed by atoms with Gasteiger partial charge in [0.1, 0.15) is 18.0 Å². The molecule has 1 aliphatic rings. The van der Waals surface area contributed by atoms with Crippen LogP contribution in [-0.4, -0.2) is 29.9 Å². The van der Waals surface area contributed by atoms with E-state index in [0.29, 0.717) is 19.2 Å². The third kappa shape index (κ3) is 4.31. The van der Waals surface area contributed by atoms with Gasteiger partial charge < -0.3 is 15.2 Å². The molecule has 0 aliphatic heterocycles. The smallest absolute Gasteiger partial charge is 0.119 e. The first-order valence-corrected chi connectivity index (χ1v) is 6.76. The zero-order valence-electron chi connectivity index (χ0n) is 11.3. The van der Waals surface area contributed by atoms with Crippen LogP contribution in [0.5, 0.6) is 5.75 Å². The van der Waals surface area contributed by atoms with Crippen molar-refractivity contribution in [1.82, 2.24) is 5.32 Å². The fourth-order valence-corrected chi connectivity index (χ4v) is 1.76. The van der Waals surface area contributed by atoms with Gasteiger partial charge in [0.05, 0.1) is 0 Å². The zero-order valence-corrected chi connectivity index (χ0v) is 11.3. The minimum absolute atomic E-state index is 0.318. The summed E-state index contributed by atoms with van der Waals surface area (Å²) in [4.78, 5) is 0. The molecule has 1 saturated carbocycles. The predicted molar refractivity (Wildman–Crippen MR) is 73.0 cm³/mol. The van der Waals surface area contributed by atoms with Gasteiger partial charge in [0, 0.05) is 12.6 Å². The molecule has 1 aromatic carbocycles. The molecule has 100 valence electrons.